The predicted molar refractivity (Wildman–Crippen MR) is 79.0 cm³/mol. The molecule has 18 heavy (non-hydrogen) atoms. The molecule has 1 amide bonds. The SMILES string of the molecule is COCCCNC(=O)C(C)Sc1cccc(Br)c1. The molecule has 100 valence electrons. The Hall–Kier alpha value is -0.520. The Kier molecular flexibility index (Phi) is 7.39. The number of carbonyl (C=O) groups is 1. The molecule has 0 spiro atoms. The summed E-state index contributed by atoms with van der Waals surface area (Å²) < 4.78 is 5.96. The summed E-state index contributed by atoms with van der Waals surface area (Å²) in [6, 6.07) is 7.96. The van der Waals surface area contributed by atoms with Crippen molar-refractivity contribution in [1.29, 1.82) is 0 Å². The first-order chi connectivity index (χ1) is 8.63. The Labute approximate surface area is 121 Å². The van der Waals surface area contributed by atoms with E-state index in [1.165, 1.54) is 0 Å². The van der Waals surface area contributed by atoms with Gasteiger partial charge in [0.15, 0.2) is 0 Å². The molecule has 1 N–H and O–H groups in total. The molecule has 0 aliphatic carbocycles. The summed E-state index contributed by atoms with van der Waals surface area (Å²) in [5.41, 5.74) is 0. The van der Waals surface area contributed by atoms with E-state index in [1.807, 2.05) is 31.2 Å². The summed E-state index contributed by atoms with van der Waals surface area (Å²) in [5.74, 6) is 0.0658. The fourth-order valence-electron chi connectivity index (χ4n) is 1.37. The second-order valence-electron chi connectivity index (χ2n) is 3.85. The zero-order valence-electron chi connectivity index (χ0n) is 10.6. The zero-order valence-corrected chi connectivity index (χ0v) is 13.0. The summed E-state index contributed by atoms with van der Waals surface area (Å²) in [4.78, 5) is 12.9. The Morgan fingerprint density at radius 3 is 3.00 bits per heavy atom. The highest BCUT2D eigenvalue weighted by Gasteiger charge is 2.13. The normalized spacial score (nSPS) is 12.2. The lowest BCUT2D eigenvalue weighted by Crippen LogP contribution is -2.32. The van der Waals surface area contributed by atoms with Crippen molar-refractivity contribution in [2.24, 2.45) is 0 Å². The third kappa shape index (κ3) is 5.89. The van der Waals surface area contributed by atoms with Gasteiger partial charge in [0.2, 0.25) is 5.91 Å². The van der Waals surface area contributed by atoms with Crippen LogP contribution in [-0.4, -0.2) is 31.4 Å². The van der Waals surface area contributed by atoms with Crippen molar-refractivity contribution in [1.82, 2.24) is 5.32 Å². The number of thioether (sulfide) groups is 1. The maximum Gasteiger partial charge on any atom is 0.233 e. The second-order valence-corrected chi connectivity index (χ2v) is 6.18. The van der Waals surface area contributed by atoms with Crippen LogP contribution in [0.5, 0.6) is 0 Å². The number of halogens is 1. The van der Waals surface area contributed by atoms with E-state index in [1.54, 1.807) is 18.9 Å². The number of hydrogen-bond donors (Lipinski definition) is 1. The van der Waals surface area contributed by atoms with Gasteiger partial charge in [-0.3, -0.25) is 4.79 Å². The van der Waals surface area contributed by atoms with Crippen LogP contribution in [0, 0.1) is 0 Å². The van der Waals surface area contributed by atoms with Gasteiger partial charge in [-0.05, 0) is 31.5 Å². The first-order valence-electron chi connectivity index (χ1n) is 5.82. The minimum atomic E-state index is -0.0955. The molecule has 0 aliphatic heterocycles. The van der Waals surface area contributed by atoms with Gasteiger partial charge in [-0.15, -0.1) is 11.8 Å². The predicted octanol–water partition coefficient (Wildman–Crippen LogP) is 3.08. The molecule has 0 saturated heterocycles. The Bertz CT molecular complexity index is 387. The third-order valence-electron chi connectivity index (χ3n) is 2.30. The number of amides is 1. The number of nitrogens with one attached hydrogen (secondary N) is 1. The van der Waals surface area contributed by atoms with Crippen LogP contribution < -0.4 is 5.32 Å². The van der Waals surface area contributed by atoms with Crippen LogP contribution >= 0.6 is 27.7 Å². The molecule has 0 aromatic heterocycles. The van der Waals surface area contributed by atoms with E-state index in [4.69, 9.17) is 4.74 Å². The molecule has 0 aliphatic rings. The number of rotatable bonds is 7. The maximum atomic E-state index is 11.8. The van der Waals surface area contributed by atoms with Crippen LogP contribution in [0.3, 0.4) is 0 Å². The lowest BCUT2D eigenvalue weighted by Gasteiger charge is -2.12. The maximum absolute atomic E-state index is 11.8. The molecule has 1 aromatic carbocycles. The van der Waals surface area contributed by atoms with E-state index in [-0.39, 0.29) is 11.2 Å². The third-order valence-corrected chi connectivity index (χ3v) is 3.89. The van der Waals surface area contributed by atoms with Crippen molar-refractivity contribution in [3.63, 3.8) is 0 Å². The van der Waals surface area contributed by atoms with E-state index >= 15 is 0 Å². The molecule has 0 fully saturated rings. The van der Waals surface area contributed by atoms with Crippen LogP contribution in [-0.2, 0) is 9.53 Å². The second kappa shape index (κ2) is 8.56. The average Bonchev–Trinajstić information content (AvgIpc) is 2.34. The van der Waals surface area contributed by atoms with Gasteiger partial charge in [0.25, 0.3) is 0 Å². The Morgan fingerprint density at radius 1 is 1.56 bits per heavy atom. The molecular weight excluding hydrogens is 314 g/mol. The van der Waals surface area contributed by atoms with E-state index in [9.17, 15) is 4.79 Å². The van der Waals surface area contributed by atoms with Crippen molar-refractivity contribution < 1.29 is 9.53 Å². The van der Waals surface area contributed by atoms with Crippen molar-refractivity contribution in [2.75, 3.05) is 20.3 Å². The molecular formula is C13H18BrNO2S. The first kappa shape index (κ1) is 15.5. The van der Waals surface area contributed by atoms with Gasteiger partial charge in [0, 0.05) is 29.6 Å². The molecule has 3 nitrogen and oxygen atoms in total. The largest absolute Gasteiger partial charge is 0.385 e. The Morgan fingerprint density at radius 2 is 2.33 bits per heavy atom. The lowest BCUT2D eigenvalue weighted by molar-refractivity contribution is -0.120. The quantitative estimate of drug-likeness (QED) is 0.616. The molecule has 1 rings (SSSR count). The summed E-state index contributed by atoms with van der Waals surface area (Å²) in [5, 5.41) is 2.81. The Balaban J connectivity index is 2.35. The number of methoxy groups -OCH3 is 1. The molecule has 1 atom stereocenters. The van der Waals surface area contributed by atoms with Gasteiger partial charge >= 0.3 is 0 Å². The molecule has 0 saturated carbocycles. The van der Waals surface area contributed by atoms with Gasteiger partial charge in [0.05, 0.1) is 5.25 Å². The fraction of sp³-hybridized carbons (Fsp3) is 0.462. The molecule has 0 radical (unpaired) electrons. The number of benzene rings is 1. The highest BCUT2D eigenvalue weighted by atomic mass is 79.9. The summed E-state index contributed by atoms with van der Waals surface area (Å²) in [7, 11) is 1.66. The molecule has 1 aromatic rings. The van der Waals surface area contributed by atoms with Gasteiger partial charge in [-0.2, -0.15) is 0 Å². The lowest BCUT2D eigenvalue weighted by atomic mass is 10.4. The van der Waals surface area contributed by atoms with Gasteiger partial charge in [-0.1, -0.05) is 22.0 Å². The van der Waals surface area contributed by atoms with Crippen molar-refractivity contribution >= 4 is 33.6 Å². The first-order valence-corrected chi connectivity index (χ1v) is 7.49. The van der Waals surface area contributed by atoms with Crippen molar-refractivity contribution in [3.05, 3.63) is 28.7 Å². The highest BCUT2D eigenvalue weighted by Crippen LogP contribution is 2.25. The minimum Gasteiger partial charge on any atom is -0.385 e. The summed E-state index contributed by atoms with van der Waals surface area (Å²) >= 11 is 4.98. The van der Waals surface area contributed by atoms with Crippen LogP contribution in [0.15, 0.2) is 33.6 Å². The fourth-order valence-corrected chi connectivity index (χ4v) is 2.87. The monoisotopic (exact) mass is 331 g/mol. The van der Waals surface area contributed by atoms with E-state index < -0.39 is 0 Å². The van der Waals surface area contributed by atoms with Crippen LogP contribution in [0.25, 0.3) is 0 Å². The van der Waals surface area contributed by atoms with Crippen LogP contribution in [0.1, 0.15) is 13.3 Å². The number of ether oxygens (including phenoxy) is 1. The molecule has 5 heteroatoms. The van der Waals surface area contributed by atoms with E-state index in [2.05, 4.69) is 21.2 Å². The van der Waals surface area contributed by atoms with E-state index in [0.29, 0.717) is 13.2 Å². The zero-order chi connectivity index (χ0) is 13.4. The summed E-state index contributed by atoms with van der Waals surface area (Å²) in [6.45, 7) is 3.25. The molecule has 1 unspecified atom stereocenters. The van der Waals surface area contributed by atoms with Crippen LogP contribution in [0.2, 0.25) is 0 Å². The highest BCUT2D eigenvalue weighted by molar-refractivity contribution is 9.10. The smallest absolute Gasteiger partial charge is 0.233 e. The number of carbonyl (C=O) groups excluding carboxylic acids is 1. The summed E-state index contributed by atoms with van der Waals surface area (Å²) in [6.07, 6.45) is 0.844. The molecule has 0 bridgehead atoms. The standard InChI is InChI=1S/C13H18BrNO2S/c1-10(13(16)15-7-4-8-17-2)18-12-6-3-5-11(14)9-12/h3,5-6,9-10H,4,7-8H2,1-2H3,(H,15,16). The van der Waals surface area contributed by atoms with Crippen molar-refractivity contribution in [3.8, 4) is 0 Å². The molecule has 0 heterocycles. The van der Waals surface area contributed by atoms with Crippen molar-refractivity contribution in [2.45, 2.75) is 23.5 Å². The topological polar surface area (TPSA) is 38.3 Å². The minimum absolute atomic E-state index is 0.0658. The van der Waals surface area contributed by atoms with E-state index in [0.717, 1.165) is 15.8 Å². The van der Waals surface area contributed by atoms with Crippen LogP contribution in [0.4, 0.5) is 0 Å². The van der Waals surface area contributed by atoms with Gasteiger partial charge < -0.3 is 10.1 Å². The van der Waals surface area contributed by atoms with Gasteiger partial charge in [0.1, 0.15) is 0 Å². The van der Waals surface area contributed by atoms with Gasteiger partial charge in [-0.25, -0.2) is 0 Å². The average molecular weight is 332 g/mol. The number of hydrogen-bond acceptors (Lipinski definition) is 3.